The first-order chi connectivity index (χ1) is 18.3. The van der Waals surface area contributed by atoms with Gasteiger partial charge in [-0.1, -0.05) is 0 Å². The van der Waals surface area contributed by atoms with Gasteiger partial charge in [0.15, 0.2) is 6.23 Å². The van der Waals surface area contributed by atoms with Crippen LogP contribution in [0.25, 0.3) is 33.8 Å². The number of nitrogens with zero attached hydrogens (tertiary/aromatic N) is 8. The molecule has 1 atom stereocenters. The molecular weight excluding hydrogens is 501 g/mol. The molecule has 1 N–H and O–H groups in total. The van der Waals surface area contributed by atoms with Crippen molar-refractivity contribution in [1.82, 2.24) is 34.3 Å². The number of halogens is 3. The van der Waals surface area contributed by atoms with Crippen LogP contribution in [0.5, 0.6) is 0 Å². The molecule has 0 aromatic carbocycles. The number of hydrogen-bond acceptors (Lipinski definition) is 7. The average Bonchev–Trinajstić information content (AvgIpc) is 3.62. The monoisotopic (exact) mass is 530 g/mol. The van der Waals surface area contributed by atoms with Gasteiger partial charge in [-0.2, -0.15) is 28.5 Å². The molecule has 2 aliphatic rings. The van der Waals surface area contributed by atoms with Crippen LogP contribution in [0.1, 0.15) is 38.3 Å². The molecule has 2 fully saturated rings. The third kappa shape index (κ3) is 4.64. The first kappa shape index (κ1) is 24.9. The normalized spacial score (nSPS) is 19.5. The van der Waals surface area contributed by atoms with Crippen molar-refractivity contribution < 1.29 is 23.0 Å². The van der Waals surface area contributed by atoms with Crippen LogP contribution in [0.2, 0.25) is 0 Å². The highest BCUT2D eigenvalue weighted by Crippen LogP contribution is 2.39. The predicted molar refractivity (Wildman–Crippen MR) is 133 cm³/mol. The molecule has 13 heteroatoms. The number of hydrogen-bond donors (Lipinski definition) is 1. The maximum absolute atomic E-state index is 13.8. The average molecular weight is 531 g/mol. The van der Waals surface area contributed by atoms with Gasteiger partial charge < -0.3 is 14.7 Å². The molecular formula is C25H29F3N8O2. The Hall–Kier alpha value is -3.45. The van der Waals surface area contributed by atoms with E-state index in [1.165, 1.54) is 0 Å². The lowest BCUT2D eigenvalue weighted by Gasteiger charge is -2.32. The fourth-order valence-corrected chi connectivity index (χ4v) is 5.37. The molecule has 0 saturated carbocycles. The third-order valence-electron chi connectivity index (χ3n) is 7.23. The first-order valence-electron chi connectivity index (χ1n) is 12.8. The van der Waals surface area contributed by atoms with E-state index in [-0.39, 0.29) is 6.23 Å². The largest absolute Gasteiger partial charge is 0.408 e. The Morgan fingerprint density at radius 2 is 1.82 bits per heavy atom. The summed E-state index contributed by atoms with van der Waals surface area (Å²) in [4.78, 5) is 6.88. The summed E-state index contributed by atoms with van der Waals surface area (Å²) < 4.78 is 51.7. The van der Waals surface area contributed by atoms with E-state index in [1.54, 1.807) is 40.9 Å². The molecule has 0 amide bonds. The lowest BCUT2D eigenvalue weighted by molar-refractivity contribution is -0.141. The zero-order chi connectivity index (χ0) is 26.4. The molecule has 6 rings (SSSR count). The van der Waals surface area contributed by atoms with Crippen molar-refractivity contribution in [3.8, 4) is 22.8 Å². The van der Waals surface area contributed by atoms with Crippen molar-refractivity contribution in [2.45, 2.75) is 57.2 Å². The molecule has 0 spiro atoms. The van der Waals surface area contributed by atoms with Gasteiger partial charge >= 0.3 is 6.18 Å². The topological polar surface area (TPSA) is 99.1 Å². The van der Waals surface area contributed by atoms with E-state index >= 15 is 0 Å². The van der Waals surface area contributed by atoms with Gasteiger partial charge in [-0.3, -0.25) is 9.36 Å². The number of aromatic nitrogens is 7. The number of ether oxygens (including phenoxy) is 1. The summed E-state index contributed by atoms with van der Waals surface area (Å²) in [7, 11) is 1.79. The maximum Gasteiger partial charge on any atom is 0.408 e. The van der Waals surface area contributed by atoms with Crippen molar-refractivity contribution in [3.63, 3.8) is 0 Å². The van der Waals surface area contributed by atoms with Crippen molar-refractivity contribution >= 4 is 16.7 Å². The molecule has 4 aromatic heterocycles. The van der Waals surface area contributed by atoms with Crippen LogP contribution in [0, 0.1) is 0 Å². The minimum Gasteiger partial charge on any atom is -0.393 e. The molecule has 0 radical (unpaired) electrons. The third-order valence-corrected chi connectivity index (χ3v) is 7.23. The standard InChI is InChI=1S/C25H29F3N8O2/c1-33-18(5-9-29-33)17-14-20(34-11-7-16(37)8-12-34)24-23(31-17)22(32-35(24)15-25(26,27)28)19-6-10-30-36(19)21-4-2-3-13-38-21/h5-6,9-10,14,16,21,37H,2-4,7-8,11-13,15H2,1H3. The highest BCUT2D eigenvalue weighted by molar-refractivity contribution is 5.99. The van der Waals surface area contributed by atoms with Crippen LogP contribution in [0.15, 0.2) is 30.6 Å². The van der Waals surface area contributed by atoms with E-state index in [0.29, 0.717) is 66.3 Å². The summed E-state index contributed by atoms with van der Waals surface area (Å²) in [6.45, 7) is 0.353. The zero-order valence-electron chi connectivity index (χ0n) is 21.0. The fourth-order valence-electron chi connectivity index (χ4n) is 5.37. The van der Waals surface area contributed by atoms with Gasteiger partial charge in [-0.05, 0) is 50.3 Å². The number of aryl methyl sites for hydroxylation is 1. The van der Waals surface area contributed by atoms with Crippen LogP contribution >= 0.6 is 0 Å². The van der Waals surface area contributed by atoms with Crippen LogP contribution in [-0.2, 0) is 18.3 Å². The molecule has 38 heavy (non-hydrogen) atoms. The van der Waals surface area contributed by atoms with E-state index in [9.17, 15) is 18.3 Å². The summed E-state index contributed by atoms with van der Waals surface area (Å²) in [6.07, 6.45) is 1.76. The van der Waals surface area contributed by atoms with E-state index in [0.717, 1.165) is 29.6 Å². The fraction of sp³-hybridized carbons (Fsp3) is 0.520. The summed E-state index contributed by atoms with van der Waals surface area (Å²) in [5.41, 5.74) is 3.43. The molecule has 4 aromatic rings. The highest BCUT2D eigenvalue weighted by Gasteiger charge is 2.34. The number of anilines is 1. The summed E-state index contributed by atoms with van der Waals surface area (Å²) in [6, 6.07) is 5.36. The quantitative estimate of drug-likeness (QED) is 0.418. The zero-order valence-corrected chi connectivity index (χ0v) is 21.0. The van der Waals surface area contributed by atoms with E-state index in [1.807, 2.05) is 11.0 Å². The SMILES string of the molecule is Cn1nccc1-c1cc(N2CCC(O)CC2)c2c(n1)c(-c1ccnn1C1CCCCO1)nn2CC(F)(F)F. The van der Waals surface area contributed by atoms with Gasteiger partial charge in [0.1, 0.15) is 23.3 Å². The second-order valence-corrected chi connectivity index (χ2v) is 9.89. The Bertz CT molecular complexity index is 1430. The molecule has 2 aliphatic heterocycles. The Morgan fingerprint density at radius 3 is 2.50 bits per heavy atom. The number of pyridine rings is 1. The summed E-state index contributed by atoms with van der Waals surface area (Å²) >= 11 is 0. The van der Waals surface area contributed by atoms with E-state index in [2.05, 4.69) is 15.3 Å². The summed E-state index contributed by atoms with van der Waals surface area (Å²) in [5.74, 6) is 0. The van der Waals surface area contributed by atoms with Crippen LogP contribution in [0.4, 0.5) is 18.9 Å². The van der Waals surface area contributed by atoms with Gasteiger partial charge in [-0.15, -0.1) is 0 Å². The Balaban J connectivity index is 1.59. The minimum atomic E-state index is -4.49. The number of aliphatic hydroxyl groups excluding tert-OH is 1. The number of alkyl halides is 3. The number of rotatable bonds is 5. The number of piperidine rings is 1. The Kier molecular flexibility index (Phi) is 6.34. The van der Waals surface area contributed by atoms with Gasteiger partial charge in [0.05, 0.1) is 28.9 Å². The minimum absolute atomic E-state index is 0.303. The van der Waals surface area contributed by atoms with Crippen LogP contribution in [0.3, 0.4) is 0 Å². The number of aliphatic hydroxyl groups is 1. The van der Waals surface area contributed by atoms with Crippen molar-refractivity contribution in [1.29, 1.82) is 0 Å². The summed E-state index contributed by atoms with van der Waals surface area (Å²) in [5, 5.41) is 23.3. The van der Waals surface area contributed by atoms with Crippen LogP contribution in [-0.4, -0.2) is 71.4 Å². The smallest absolute Gasteiger partial charge is 0.393 e. The van der Waals surface area contributed by atoms with Gasteiger partial charge in [0, 0.05) is 39.1 Å². The Labute approximate surface area is 216 Å². The lowest BCUT2D eigenvalue weighted by atomic mass is 10.1. The highest BCUT2D eigenvalue weighted by atomic mass is 19.4. The first-order valence-corrected chi connectivity index (χ1v) is 12.8. The Morgan fingerprint density at radius 1 is 1.05 bits per heavy atom. The molecule has 2 saturated heterocycles. The number of fused-ring (bicyclic) bond motifs is 1. The van der Waals surface area contributed by atoms with Crippen LogP contribution < -0.4 is 4.90 Å². The second kappa shape index (κ2) is 9.70. The molecule has 202 valence electrons. The van der Waals surface area contributed by atoms with Gasteiger partial charge in [-0.25, -0.2) is 9.67 Å². The predicted octanol–water partition coefficient (Wildman–Crippen LogP) is 3.92. The van der Waals surface area contributed by atoms with Crippen molar-refractivity contribution in [3.05, 3.63) is 30.6 Å². The van der Waals surface area contributed by atoms with Gasteiger partial charge in [0.2, 0.25) is 0 Å². The van der Waals surface area contributed by atoms with Crippen molar-refractivity contribution in [2.75, 3.05) is 24.6 Å². The molecule has 1 unspecified atom stereocenters. The molecule has 6 heterocycles. The molecule has 0 aliphatic carbocycles. The maximum atomic E-state index is 13.8. The van der Waals surface area contributed by atoms with Gasteiger partial charge in [0.25, 0.3) is 0 Å². The van der Waals surface area contributed by atoms with Crippen molar-refractivity contribution in [2.24, 2.45) is 7.05 Å². The molecule has 0 bridgehead atoms. The van der Waals surface area contributed by atoms with E-state index < -0.39 is 18.8 Å². The lowest BCUT2D eigenvalue weighted by Crippen LogP contribution is -2.36. The molecule has 10 nitrogen and oxygen atoms in total. The van der Waals surface area contributed by atoms with E-state index in [4.69, 9.17) is 9.72 Å². The second-order valence-electron chi connectivity index (χ2n) is 9.89.